The van der Waals surface area contributed by atoms with Crippen molar-refractivity contribution in [1.29, 1.82) is 0 Å². The van der Waals surface area contributed by atoms with Gasteiger partial charge in [0.25, 0.3) is 0 Å². The summed E-state index contributed by atoms with van der Waals surface area (Å²) in [7, 11) is 0. The molecule has 0 amide bonds. The minimum absolute atomic E-state index is 0.0887. The van der Waals surface area contributed by atoms with E-state index >= 15 is 0 Å². The number of aryl methyl sites for hydroxylation is 1. The number of hydrogen-bond acceptors (Lipinski definition) is 3. The van der Waals surface area contributed by atoms with E-state index in [2.05, 4.69) is 43.4 Å². The van der Waals surface area contributed by atoms with Gasteiger partial charge in [-0.25, -0.2) is 9.97 Å². The Morgan fingerprint density at radius 2 is 1.92 bits per heavy atom. The molecule has 13 heavy (non-hydrogen) atoms. The van der Waals surface area contributed by atoms with Crippen molar-refractivity contribution in [3.8, 4) is 0 Å². The van der Waals surface area contributed by atoms with E-state index in [-0.39, 0.29) is 5.41 Å². The van der Waals surface area contributed by atoms with Gasteiger partial charge in [-0.3, -0.25) is 0 Å². The summed E-state index contributed by atoms with van der Waals surface area (Å²) in [6.45, 7) is 8.44. The Morgan fingerprint density at radius 1 is 1.31 bits per heavy atom. The first kappa shape index (κ1) is 10.5. The summed E-state index contributed by atoms with van der Waals surface area (Å²) >= 11 is 4.18. The van der Waals surface area contributed by atoms with Crippen molar-refractivity contribution < 1.29 is 0 Å². The fourth-order valence-corrected chi connectivity index (χ4v) is 1.23. The first-order valence-corrected chi connectivity index (χ1v) is 5.02. The molecule has 1 aromatic rings. The van der Waals surface area contributed by atoms with E-state index in [9.17, 15) is 0 Å². The molecule has 0 spiro atoms. The Morgan fingerprint density at radius 3 is 2.38 bits per heavy atom. The molecule has 1 aromatic heterocycles. The molecular weight excluding hydrogens is 180 g/mol. The van der Waals surface area contributed by atoms with Gasteiger partial charge in [-0.05, 0) is 13.0 Å². The molecule has 2 nitrogen and oxygen atoms in total. The van der Waals surface area contributed by atoms with Crippen molar-refractivity contribution in [1.82, 2.24) is 9.97 Å². The zero-order valence-corrected chi connectivity index (χ0v) is 9.52. The molecule has 0 radical (unpaired) electrons. The number of nitrogens with zero attached hydrogens (tertiary/aromatic N) is 2. The minimum atomic E-state index is 0.0887. The second-order valence-corrected chi connectivity index (χ2v) is 4.54. The molecule has 0 saturated carbocycles. The van der Waals surface area contributed by atoms with Crippen LogP contribution in [0.15, 0.2) is 6.07 Å². The summed E-state index contributed by atoms with van der Waals surface area (Å²) < 4.78 is 0. The van der Waals surface area contributed by atoms with Gasteiger partial charge in [0.1, 0.15) is 5.82 Å². The summed E-state index contributed by atoms with van der Waals surface area (Å²) in [4.78, 5) is 8.71. The van der Waals surface area contributed by atoms with Crippen LogP contribution in [0.25, 0.3) is 0 Å². The molecule has 0 fully saturated rings. The van der Waals surface area contributed by atoms with Gasteiger partial charge in [-0.1, -0.05) is 20.8 Å². The van der Waals surface area contributed by atoms with E-state index in [0.717, 1.165) is 17.2 Å². The van der Waals surface area contributed by atoms with Gasteiger partial charge < -0.3 is 0 Å². The topological polar surface area (TPSA) is 25.8 Å². The quantitative estimate of drug-likeness (QED) is 0.698. The maximum atomic E-state index is 4.44. The van der Waals surface area contributed by atoms with Gasteiger partial charge in [0, 0.05) is 16.8 Å². The summed E-state index contributed by atoms with van der Waals surface area (Å²) in [6, 6.07) is 2.03. The summed E-state index contributed by atoms with van der Waals surface area (Å²) in [6.07, 6.45) is 0. The molecule has 3 heteroatoms. The molecule has 0 atom stereocenters. The lowest BCUT2D eigenvalue weighted by Gasteiger charge is -2.18. The third-order valence-electron chi connectivity index (χ3n) is 1.81. The Bertz CT molecular complexity index is 302. The SMILES string of the molecule is Cc1cc(C(C)(C)C)nc(CS)n1. The van der Waals surface area contributed by atoms with Crippen LogP contribution in [0, 0.1) is 6.92 Å². The third-order valence-corrected chi connectivity index (χ3v) is 2.09. The van der Waals surface area contributed by atoms with Crippen LogP contribution in [0.2, 0.25) is 0 Å². The largest absolute Gasteiger partial charge is 0.237 e. The highest BCUT2D eigenvalue weighted by atomic mass is 32.1. The second-order valence-electron chi connectivity index (χ2n) is 4.22. The zero-order valence-electron chi connectivity index (χ0n) is 8.63. The van der Waals surface area contributed by atoms with Gasteiger partial charge in [0.15, 0.2) is 0 Å². The van der Waals surface area contributed by atoms with Crippen molar-refractivity contribution >= 4 is 12.6 Å². The van der Waals surface area contributed by atoms with Gasteiger partial charge in [-0.2, -0.15) is 12.6 Å². The number of aromatic nitrogens is 2. The molecule has 0 aromatic carbocycles. The normalized spacial score (nSPS) is 11.8. The summed E-state index contributed by atoms with van der Waals surface area (Å²) in [5, 5.41) is 0. The van der Waals surface area contributed by atoms with Crippen molar-refractivity contribution in [2.45, 2.75) is 38.9 Å². The van der Waals surface area contributed by atoms with Crippen LogP contribution in [0.3, 0.4) is 0 Å². The van der Waals surface area contributed by atoms with Gasteiger partial charge in [0.2, 0.25) is 0 Å². The van der Waals surface area contributed by atoms with Crippen LogP contribution in [0.5, 0.6) is 0 Å². The van der Waals surface area contributed by atoms with Gasteiger partial charge in [-0.15, -0.1) is 0 Å². The van der Waals surface area contributed by atoms with Crippen LogP contribution in [-0.4, -0.2) is 9.97 Å². The average molecular weight is 196 g/mol. The maximum Gasteiger partial charge on any atom is 0.138 e. The van der Waals surface area contributed by atoms with Crippen LogP contribution in [-0.2, 0) is 11.2 Å². The highest BCUT2D eigenvalue weighted by Gasteiger charge is 2.16. The standard InChI is InChI=1S/C10H16N2S/c1-7-5-8(10(2,3)4)12-9(6-13)11-7/h5,13H,6H2,1-4H3. The molecule has 0 aliphatic carbocycles. The highest BCUT2D eigenvalue weighted by Crippen LogP contribution is 2.20. The number of hydrogen-bond donors (Lipinski definition) is 1. The van der Waals surface area contributed by atoms with E-state index < -0.39 is 0 Å². The molecule has 1 heterocycles. The Balaban J connectivity index is 3.16. The van der Waals surface area contributed by atoms with Crippen molar-refractivity contribution in [3.63, 3.8) is 0 Å². The van der Waals surface area contributed by atoms with E-state index in [1.807, 2.05) is 13.0 Å². The Labute approximate surface area is 85.2 Å². The lowest BCUT2D eigenvalue weighted by Crippen LogP contribution is -2.15. The molecule has 0 aliphatic heterocycles. The van der Waals surface area contributed by atoms with Crippen LogP contribution in [0.4, 0.5) is 0 Å². The van der Waals surface area contributed by atoms with E-state index in [0.29, 0.717) is 5.75 Å². The molecule has 0 unspecified atom stereocenters. The fourth-order valence-electron chi connectivity index (χ4n) is 1.08. The van der Waals surface area contributed by atoms with Crippen molar-refractivity contribution in [2.24, 2.45) is 0 Å². The van der Waals surface area contributed by atoms with E-state index in [4.69, 9.17) is 0 Å². The molecule has 1 rings (SSSR count). The average Bonchev–Trinajstić information content (AvgIpc) is 2.01. The molecule has 0 saturated heterocycles. The first-order valence-electron chi connectivity index (χ1n) is 4.39. The summed E-state index contributed by atoms with van der Waals surface area (Å²) in [5.74, 6) is 1.42. The van der Waals surface area contributed by atoms with Crippen LogP contribution >= 0.6 is 12.6 Å². The van der Waals surface area contributed by atoms with Crippen molar-refractivity contribution in [3.05, 3.63) is 23.3 Å². The lowest BCUT2D eigenvalue weighted by molar-refractivity contribution is 0.562. The first-order chi connectivity index (χ1) is 5.93. The molecule has 72 valence electrons. The lowest BCUT2D eigenvalue weighted by atomic mass is 9.91. The highest BCUT2D eigenvalue weighted by molar-refractivity contribution is 7.79. The third kappa shape index (κ3) is 2.69. The van der Waals surface area contributed by atoms with E-state index in [1.54, 1.807) is 0 Å². The van der Waals surface area contributed by atoms with Gasteiger partial charge >= 0.3 is 0 Å². The summed E-state index contributed by atoms with van der Waals surface area (Å²) in [5.41, 5.74) is 2.19. The van der Waals surface area contributed by atoms with Crippen LogP contribution < -0.4 is 0 Å². The van der Waals surface area contributed by atoms with Gasteiger partial charge in [0.05, 0.1) is 5.75 Å². The smallest absolute Gasteiger partial charge is 0.138 e. The number of thiol groups is 1. The molecule has 0 bridgehead atoms. The molecule has 0 aliphatic rings. The predicted octanol–water partition coefficient (Wildman–Crippen LogP) is 2.51. The predicted molar refractivity (Wildman–Crippen MR) is 58.2 cm³/mol. The van der Waals surface area contributed by atoms with Crippen LogP contribution in [0.1, 0.15) is 38.0 Å². The Kier molecular flexibility index (Phi) is 2.96. The van der Waals surface area contributed by atoms with E-state index in [1.165, 1.54) is 0 Å². The molecule has 0 N–H and O–H groups in total. The number of rotatable bonds is 1. The minimum Gasteiger partial charge on any atom is -0.237 e. The molecular formula is C10H16N2S. The Hall–Kier alpha value is -0.570. The zero-order chi connectivity index (χ0) is 10.1. The second kappa shape index (κ2) is 3.66. The fraction of sp³-hybridized carbons (Fsp3) is 0.600. The maximum absolute atomic E-state index is 4.44. The monoisotopic (exact) mass is 196 g/mol. The van der Waals surface area contributed by atoms with Crippen molar-refractivity contribution in [2.75, 3.05) is 0 Å².